The van der Waals surface area contributed by atoms with Gasteiger partial charge in [0.05, 0.1) is 0 Å². The summed E-state index contributed by atoms with van der Waals surface area (Å²) >= 11 is 11.9. The molecule has 0 fully saturated rings. The molecule has 0 saturated carbocycles. The first-order valence-corrected chi connectivity index (χ1v) is 5.30. The lowest BCUT2D eigenvalue weighted by molar-refractivity contribution is 1.19. The zero-order valence-corrected chi connectivity index (χ0v) is 9.85. The van der Waals surface area contributed by atoms with E-state index < -0.39 is 0 Å². The first-order valence-electron chi connectivity index (χ1n) is 4.55. The highest BCUT2D eigenvalue weighted by Crippen LogP contribution is 2.23. The zero-order chi connectivity index (χ0) is 11.3. The molecule has 0 aromatic heterocycles. The van der Waals surface area contributed by atoms with Crippen LogP contribution in [0.1, 0.15) is 5.56 Å². The van der Waals surface area contributed by atoms with Crippen LogP contribution in [0.2, 0.25) is 5.02 Å². The molecule has 0 aliphatic rings. The summed E-state index contributed by atoms with van der Waals surface area (Å²) in [7, 11) is 0. The molecule has 1 aromatic carbocycles. The van der Waals surface area contributed by atoms with Gasteiger partial charge in [0.15, 0.2) is 0 Å². The van der Waals surface area contributed by atoms with Gasteiger partial charge in [-0.3, -0.25) is 0 Å². The molecule has 15 heavy (non-hydrogen) atoms. The summed E-state index contributed by atoms with van der Waals surface area (Å²) in [5, 5.41) is 1.26. The topological polar surface area (TPSA) is 0 Å². The van der Waals surface area contributed by atoms with E-state index in [4.69, 9.17) is 23.2 Å². The van der Waals surface area contributed by atoms with E-state index in [-0.39, 0.29) is 0 Å². The molecule has 78 valence electrons. The van der Waals surface area contributed by atoms with E-state index >= 15 is 0 Å². The maximum atomic E-state index is 6.05. The molecule has 0 spiro atoms. The van der Waals surface area contributed by atoms with E-state index in [0.717, 1.165) is 16.2 Å². The van der Waals surface area contributed by atoms with E-state index in [0.29, 0.717) is 11.5 Å². The van der Waals surface area contributed by atoms with Crippen LogP contribution in [-0.2, 0) is 6.42 Å². The number of hydrogen-bond acceptors (Lipinski definition) is 0. The highest BCUT2D eigenvalue weighted by Gasteiger charge is 2.04. The lowest BCUT2D eigenvalue weighted by Gasteiger charge is -2.06. The van der Waals surface area contributed by atoms with Gasteiger partial charge in [-0.25, -0.2) is 0 Å². The van der Waals surface area contributed by atoms with Gasteiger partial charge in [0.25, 0.3) is 0 Å². The van der Waals surface area contributed by atoms with Gasteiger partial charge in [-0.05, 0) is 17.2 Å². The zero-order valence-electron chi connectivity index (χ0n) is 8.34. The van der Waals surface area contributed by atoms with Gasteiger partial charge in [0.1, 0.15) is 0 Å². The van der Waals surface area contributed by atoms with Crippen molar-refractivity contribution in [3.8, 4) is 0 Å². The van der Waals surface area contributed by atoms with Crippen molar-refractivity contribution in [3.05, 3.63) is 70.8 Å². The molecule has 0 atom stereocenters. The summed E-state index contributed by atoms with van der Waals surface area (Å²) < 4.78 is 0. The third-order valence-corrected chi connectivity index (χ3v) is 2.62. The second-order valence-electron chi connectivity index (χ2n) is 3.10. The summed E-state index contributed by atoms with van der Waals surface area (Å²) in [6.45, 7) is 7.34. The summed E-state index contributed by atoms with van der Waals surface area (Å²) in [6.07, 6.45) is 4.21. The quantitative estimate of drug-likeness (QED) is 0.665. The van der Waals surface area contributed by atoms with Gasteiger partial charge in [-0.1, -0.05) is 66.7 Å². The Kier molecular flexibility index (Phi) is 4.67. The largest absolute Gasteiger partial charge is 0.0991 e. The van der Waals surface area contributed by atoms with E-state index in [1.165, 1.54) is 0 Å². The number of halogens is 2. The van der Waals surface area contributed by atoms with E-state index in [9.17, 15) is 0 Å². The van der Waals surface area contributed by atoms with Crippen molar-refractivity contribution in [1.29, 1.82) is 0 Å². The average Bonchev–Trinajstić information content (AvgIpc) is 2.20. The van der Waals surface area contributed by atoms with Crippen LogP contribution in [0.15, 0.2) is 60.2 Å². The van der Waals surface area contributed by atoms with Crippen molar-refractivity contribution in [3.63, 3.8) is 0 Å². The minimum atomic E-state index is 0.523. The van der Waals surface area contributed by atoms with Gasteiger partial charge in [-0.15, -0.1) is 0 Å². The summed E-state index contributed by atoms with van der Waals surface area (Å²) in [5.74, 6) is 0. The van der Waals surface area contributed by atoms with E-state index in [2.05, 4.69) is 13.2 Å². The van der Waals surface area contributed by atoms with Gasteiger partial charge in [0, 0.05) is 16.5 Å². The van der Waals surface area contributed by atoms with Crippen LogP contribution in [0.3, 0.4) is 0 Å². The number of benzene rings is 1. The first-order chi connectivity index (χ1) is 7.15. The Morgan fingerprint density at radius 3 is 2.53 bits per heavy atom. The SMILES string of the molecule is C=C/C=C(/Cc1ccccc1Cl)C(=C)Cl. The molecular weight excluding hydrogens is 227 g/mol. The third-order valence-electron chi connectivity index (χ3n) is 2.01. The lowest BCUT2D eigenvalue weighted by atomic mass is 10.0. The van der Waals surface area contributed by atoms with Crippen molar-refractivity contribution in [2.24, 2.45) is 0 Å². The second kappa shape index (κ2) is 5.79. The molecule has 0 bridgehead atoms. The molecule has 0 N–H and O–H groups in total. The second-order valence-corrected chi connectivity index (χ2v) is 3.96. The number of rotatable bonds is 4. The van der Waals surface area contributed by atoms with Crippen LogP contribution in [0.5, 0.6) is 0 Å². The van der Waals surface area contributed by atoms with Crippen molar-refractivity contribution in [2.45, 2.75) is 6.42 Å². The monoisotopic (exact) mass is 238 g/mol. The fraction of sp³-hybridized carbons (Fsp3) is 0.0769. The molecule has 0 nitrogen and oxygen atoms in total. The number of hydrogen-bond donors (Lipinski definition) is 0. The fourth-order valence-corrected chi connectivity index (χ4v) is 1.57. The predicted octanol–water partition coefficient (Wildman–Crippen LogP) is 4.75. The Hall–Kier alpha value is -0.980. The standard InChI is InChI=1S/C13H12Cl2/c1-3-6-11(10(2)14)9-12-7-4-5-8-13(12)15/h3-8H,1-2,9H2/b11-6-. The first kappa shape index (κ1) is 12.1. The maximum Gasteiger partial charge on any atom is 0.0441 e. The predicted molar refractivity (Wildman–Crippen MR) is 68.4 cm³/mol. The van der Waals surface area contributed by atoms with Gasteiger partial charge in [0.2, 0.25) is 0 Å². The lowest BCUT2D eigenvalue weighted by Crippen LogP contribution is -1.91. The summed E-state index contributed by atoms with van der Waals surface area (Å²) in [5.41, 5.74) is 1.97. The molecular formula is C13H12Cl2. The van der Waals surface area contributed by atoms with Crippen LogP contribution < -0.4 is 0 Å². The molecule has 0 unspecified atom stereocenters. The minimum Gasteiger partial charge on any atom is -0.0991 e. The molecule has 0 heterocycles. The molecule has 0 amide bonds. The molecule has 0 aliphatic carbocycles. The number of allylic oxidation sites excluding steroid dienone is 4. The minimum absolute atomic E-state index is 0.523. The van der Waals surface area contributed by atoms with E-state index in [1.807, 2.05) is 30.3 Å². The van der Waals surface area contributed by atoms with Crippen LogP contribution in [0, 0.1) is 0 Å². The molecule has 0 aliphatic heterocycles. The van der Waals surface area contributed by atoms with Crippen molar-refractivity contribution >= 4 is 23.2 Å². The van der Waals surface area contributed by atoms with Crippen LogP contribution in [-0.4, -0.2) is 0 Å². The van der Waals surface area contributed by atoms with Gasteiger partial charge in [-0.2, -0.15) is 0 Å². The van der Waals surface area contributed by atoms with Gasteiger partial charge < -0.3 is 0 Å². The Balaban J connectivity index is 2.93. The Bertz CT molecular complexity index is 403. The summed E-state index contributed by atoms with van der Waals surface area (Å²) in [6, 6.07) is 7.68. The van der Waals surface area contributed by atoms with Crippen LogP contribution in [0.25, 0.3) is 0 Å². The fourth-order valence-electron chi connectivity index (χ4n) is 1.23. The molecule has 0 radical (unpaired) electrons. The van der Waals surface area contributed by atoms with Crippen LogP contribution in [0.4, 0.5) is 0 Å². The van der Waals surface area contributed by atoms with E-state index in [1.54, 1.807) is 6.08 Å². The third kappa shape index (κ3) is 3.58. The van der Waals surface area contributed by atoms with Crippen molar-refractivity contribution in [1.82, 2.24) is 0 Å². The smallest absolute Gasteiger partial charge is 0.0441 e. The van der Waals surface area contributed by atoms with Crippen molar-refractivity contribution < 1.29 is 0 Å². The molecule has 1 aromatic rings. The Labute approximate surface area is 101 Å². The summed E-state index contributed by atoms with van der Waals surface area (Å²) in [4.78, 5) is 0. The normalized spacial score (nSPS) is 11.2. The molecule has 1 rings (SSSR count). The Morgan fingerprint density at radius 2 is 2.00 bits per heavy atom. The van der Waals surface area contributed by atoms with Crippen LogP contribution >= 0.6 is 23.2 Å². The molecule has 0 saturated heterocycles. The van der Waals surface area contributed by atoms with Crippen molar-refractivity contribution in [2.75, 3.05) is 0 Å². The van der Waals surface area contributed by atoms with Gasteiger partial charge >= 0.3 is 0 Å². The highest BCUT2D eigenvalue weighted by atomic mass is 35.5. The maximum absolute atomic E-state index is 6.05. The Morgan fingerprint density at radius 1 is 1.33 bits per heavy atom. The average molecular weight is 239 g/mol. The highest BCUT2D eigenvalue weighted by molar-refractivity contribution is 6.32. The molecule has 2 heteroatoms.